The molecular formula is C29H32N4O8. The maximum atomic E-state index is 14.1. The van der Waals surface area contributed by atoms with Gasteiger partial charge in [0.25, 0.3) is 5.91 Å². The summed E-state index contributed by atoms with van der Waals surface area (Å²) >= 11 is 0. The van der Waals surface area contributed by atoms with Crippen molar-refractivity contribution < 1.29 is 39.6 Å². The van der Waals surface area contributed by atoms with E-state index in [0.717, 1.165) is 0 Å². The lowest BCUT2D eigenvalue weighted by atomic mass is 9.58. The first-order chi connectivity index (χ1) is 19.3. The number of nitrogens with two attached hydrogens (primary N) is 1. The second-order valence-corrected chi connectivity index (χ2v) is 10.9. The molecule has 0 saturated carbocycles. The average Bonchev–Trinajstić information content (AvgIpc) is 2.92. The van der Waals surface area contributed by atoms with Crippen LogP contribution in [0.4, 0.5) is 5.69 Å². The number of Topliss-reactive ketones (excluding diaryl/α,β-unsaturated/α-hetero) is 2. The van der Waals surface area contributed by atoms with Crippen molar-refractivity contribution in [3.05, 3.63) is 63.6 Å². The third kappa shape index (κ3) is 4.05. The van der Waals surface area contributed by atoms with Gasteiger partial charge in [-0.15, -0.1) is 0 Å². The lowest BCUT2D eigenvalue weighted by Gasteiger charge is -2.50. The van der Waals surface area contributed by atoms with E-state index in [-0.39, 0.29) is 36.1 Å². The summed E-state index contributed by atoms with van der Waals surface area (Å²) < 4.78 is 0. The van der Waals surface area contributed by atoms with Crippen LogP contribution in [0.25, 0.3) is 5.70 Å². The van der Waals surface area contributed by atoms with Crippen molar-refractivity contribution in [3.63, 3.8) is 0 Å². The van der Waals surface area contributed by atoms with Gasteiger partial charge < -0.3 is 36.8 Å². The molecule has 1 aliphatic heterocycles. The number of allylic oxidation sites excluding steroid dienone is 3. The van der Waals surface area contributed by atoms with E-state index < -0.39 is 69.7 Å². The molecule has 1 aromatic rings. The Morgan fingerprint density at radius 1 is 1.22 bits per heavy atom. The highest BCUT2D eigenvalue weighted by Gasteiger charge is 2.63. The molecule has 0 fully saturated rings. The highest BCUT2D eigenvalue weighted by Crippen LogP contribution is 2.53. The van der Waals surface area contributed by atoms with Gasteiger partial charge in [-0.25, -0.2) is 0 Å². The summed E-state index contributed by atoms with van der Waals surface area (Å²) in [6.07, 6.45) is 5.74. The molecule has 8 N–H and O–H groups in total. The second-order valence-electron chi connectivity index (χ2n) is 10.9. The molecule has 0 spiro atoms. The zero-order chi connectivity index (χ0) is 30.0. The number of hydrogen-bond donors (Lipinski definition) is 7. The van der Waals surface area contributed by atoms with Crippen molar-refractivity contribution in [1.82, 2.24) is 10.2 Å². The van der Waals surface area contributed by atoms with Gasteiger partial charge in [0.1, 0.15) is 17.1 Å². The Bertz CT molecular complexity index is 1540. The van der Waals surface area contributed by atoms with E-state index in [1.165, 1.54) is 4.90 Å². The lowest BCUT2D eigenvalue weighted by molar-refractivity contribution is -0.148. The predicted octanol–water partition coefficient (Wildman–Crippen LogP) is 0.969. The molecule has 0 unspecified atom stereocenters. The summed E-state index contributed by atoms with van der Waals surface area (Å²) in [4.78, 5) is 53.5. The van der Waals surface area contributed by atoms with Gasteiger partial charge in [0.2, 0.25) is 11.7 Å². The number of fused-ring (bicyclic) bond motifs is 3. The average molecular weight is 565 g/mol. The van der Waals surface area contributed by atoms with Gasteiger partial charge in [0.05, 0.1) is 17.3 Å². The van der Waals surface area contributed by atoms with Crippen LogP contribution >= 0.6 is 0 Å². The molecule has 216 valence electrons. The van der Waals surface area contributed by atoms with Gasteiger partial charge in [-0.1, -0.05) is 19.1 Å². The van der Waals surface area contributed by atoms with Crippen molar-refractivity contribution in [2.75, 3.05) is 26.0 Å². The zero-order valence-electron chi connectivity index (χ0n) is 22.8. The number of primary amides is 1. The molecule has 0 aromatic heterocycles. The number of nitrogens with zero attached hydrogens (tertiary/aromatic N) is 1. The molecule has 3 aliphatic carbocycles. The maximum Gasteiger partial charge on any atom is 0.255 e. The fourth-order valence-corrected chi connectivity index (χ4v) is 6.54. The van der Waals surface area contributed by atoms with Gasteiger partial charge in [-0.3, -0.25) is 24.1 Å². The van der Waals surface area contributed by atoms with Crippen molar-refractivity contribution in [2.45, 2.75) is 37.8 Å². The number of aliphatic hydroxyl groups is 3. The topological polar surface area (TPSA) is 203 Å². The number of ketones is 2. The van der Waals surface area contributed by atoms with E-state index in [4.69, 9.17) is 5.73 Å². The van der Waals surface area contributed by atoms with Crippen LogP contribution in [0, 0.1) is 11.8 Å². The van der Waals surface area contributed by atoms with Crippen LogP contribution in [-0.2, 0) is 20.8 Å². The standard InChI is InChI=1S/C29H32N4O8/c1-4-18(34)32-17-11-13(16-7-5-6-8-31-16)14-9-12-10-15-22(33(2)3)25(37)21(28(30)40)27(39)29(15,41)26(38)19(12)24(36)20(14)23(17)35/h5-7,11-12,15,22,31,35,37-38,41H,4,8-10H2,1-3H3,(H2,30,40)(H,32,34)/t12-,15-,22-,29-/m0/s1. The Hall–Kier alpha value is -4.42. The molecule has 5 rings (SSSR count). The molecule has 4 aliphatic rings. The first-order valence-corrected chi connectivity index (χ1v) is 13.3. The summed E-state index contributed by atoms with van der Waals surface area (Å²) in [6, 6.07) is 0.508. The summed E-state index contributed by atoms with van der Waals surface area (Å²) in [7, 11) is 3.15. The smallest absolute Gasteiger partial charge is 0.255 e. The number of aliphatic hydroxyl groups excluding tert-OH is 2. The quantitative estimate of drug-likeness (QED) is 0.199. The van der Waals surface area contributed by atoms with Gasteiger partial charge >= 0.3 is 0 Å². The normalized spacial score (nSPS) is 27.1. The number of aromatic hydroxyl groups is 1. The molecule has 41 heavy (non-hydrogen) atoms. The number of likely N-dealkylation sites (N-methyl/N-ethyl adjacent to an activating group) is 1. The van der Waals surface area contributed by atoms with E-state index in [9.17, 15) is 39.6 Å². The third-order valence-electron chi connectivity index (χ3n) is 8.42. The second kappa shape index (κ2) is 9.89. The number of carbonyl (C=O) groups excluding carboxylic acids is 4. The number of nitrogens with one attached hydrogen (secondary N) is 2. The number of anilines is 1. The fourth-order valence-electron chi connectivity index (χ4n) is 6.54. The fraction of sp³-hybridized carbons (Fsp3) is 0.379. The molecule has 1 aromatic carbocycles. The van der Waals surface area contributed by atoms with Crippen LogP contribution in [0.2, 0.25) is 0 Å². The summed E-state index contributed by atoms with van der Waals surface area (Å²) in [6.45, 7) is 2.14. The minimum Gasteiger partial charge on any atom is -0.510 e. The number of rotatable bonds is 5. The van der Waals surface area contributed by atoms with Gasteiger partial charge in [0, 0.05) is 35.7 Å². The highest BCUT2D eigenvalue weighted by atomic mass is 16.3. The summed E-state index contributed by atoms with van der Waals surface area (Å²) in [5, 5.41) is 51.3. The van der Waals surface area contributed by atoms with Crippen LogP contribution in [0.1, 0.15) is 41.3 Å². The molecule has 12 heteroatoms. The molecule has 0 saturated heterocycles. The van der Waals surface area contributed by atoms with Gasteiger partial charge in [0.15, 0.2) is 17.1 Å². The van der Waals surface area contributed by atoms with Gasteiger partial charge in [-0.05, 0) is 50.6 Å². The molecule has 12 nitrogen and oxygen atoms in total. The summed E-state index contributed by atoms with van der Waals surface area (Å²) in [5.41, 5.74) is 3.01. The number of phenols is 1. The number of benzene rings is 1. The van der Waals surface area contributed by atoms with Crippen LogP contribution < -0.4 is 16.4 Å². The Morgan fingerprint density at radius 3 is 2.51 bits per heavy atom. The molecule has 0 radical (unpaired) electrons. The number of hydrogen-bond acceptors (Lipinski definition) is 10. The Kier molecular flexibility index (Phi) is 6.79. The van der Waals surface area contributed by atoms with Crippen molar-refractivity contribution in [3.8, 4) is 5.75 Å². The largest absolute Gasteiger partial charge is 0.510 e. The molecule has 4 atom stereocenters. The van der Waals surface area contributed by atoms with Crippen LogP contribution in [-0.4, -0.2) is 81.0 Å². The Labute approximate surface area is 235 Å². The molecular weight excluding hydrogens is 532 g/mol. The number of phenolic OH excluding ortho intramolecular Hbond substituents is 1. The van der Waals surface area contributed by atoms with E-state index in [0.29, 0.717) is 23.4 Å². The molecule has 1 heterocycles. The zero-order valence-corrected chi connectivity index (χ0v) is 22.8. The highest BCUT2D eigenvalue weighted by molar-refractivity contribution is 6.25. The molecule has 0 bridgehead atoms. The van der Waals surface area contributed by atoms with E-state index in [2.05, 4.69) is 10.6 Å². The predicted molar refractivity (Wildman–Crippen MR) is 148 cm³/mol. The Balaban J connectivity index is 1.75. The van der Waals surface area contributed by atoms with E-state index in [1.807, 2.05) is 12.2 Å². The lowest BCUT2D eigenvalue weighted by Crippen LogP contribution is -2.63. The summed E-state index contributed by atoms with van der Waals surface area (Å²) in [5.74, 6) is -7.73. The van der Waals surface area contributed by atoms with Crippen molar-refractivity contribution in [2.24, 2.45) is 17.6 Å². The minimum atomic E-state index is -2.73. The van der Waals surface area contributed by atoms with Crippen LogP contribution in [0.5, 0.6) is 5.75 Å². The van der Waals surface area contributed by atoms with Gasteiger partial charge in [-0.2, -0.15) is 0 Å². The number of carbonyl (C=O) groups is 4. The minimum absolute atomic E-state index is 0.00701. The molecule has 2 amide bonds. The first-order valence-electron chi connectivity index (χ1n) is 13.3. The third-order valence-corrected chi connectivity index (χ3v) is 8.42. The van der Waals surface area contributed by atoms with Crippen LogP contribution in [0.15, 0.2) is 47.0 Å². The number of amides is 2. The van der Waals surface area contributed by atoms with Crippen molar-refractivity contribution in [1.29, 1.82) is 0 Å². The maximum absolute atomic E-state index is 14.1. The SMILES string of the molecule is CCC(=O)Nc1cc(C2=CC=CCN2)c2c(c1O)C(=O)C1=C(O)[C@]3(O)C(=O)C(C(N)=O)=C(O)[C@@H](N(C)C)[C@@H]3C[C@@H]1C2. The van der Waals surface area contributed by atoms with E-state index >= 15 is 0 Å². The van der Waals surface area contributed by atoms with Crippen LogP contribution in [0.3, 0.4) is 0 Å². The monoisotopic (exact) mass is 564 g/mol. The number of dihydropyridines is 1. The van der Waals surface area contributed by atoms with Crippen molar-refractivity contribution >= 4 is 34.8 Å². The van der Waals surface area contributed by atoms with E-state index in [1.54, 1.807) is 33.2 Å². The first kappa shape index (κ1) is 28.1. The Morgan fingerprint density at radius 2 is 1.93 bits per heavy atom.